The number of hydrogen-bond donors (Lipinski definition) is 0. The molecule has 2 unspecified atom stereocenters. The molecule has 27 heavy (non-hydrogen) atoms. The summed E-state index contributed by atoms with van der Waals surface area (Å²) in [5.41, 5.74) is 0.933. The highest BCUT2D eigenvalue weighted by Crippen LogP contribution is 2.35. The maximum Gasteiger partial charge on any atom is 0.233 e. The van der Waals surface area contributed by atoms with Gasteiger partial charge in [0.05, 0.1) is 28.6 Å². The topological polar surface area (TPSA) is 70.6 Å². The number of likely N-dealkylation sites (tertiary alicyclic amines) is 1. The van der Waals surface area contributed by atoms with E-state index in [-0.39, 0.29) is 42.5 Å². The second-order valence-electron chi connectivity index (χ2n) is 7.06. The maximum atomic E-state index is 12.5. The zero-order valence-electron chi connectivity index (χ0n) is 15.1. The molecule has 4 rings (SSSR count). The summed E-state index contributed by atoms with van der Waals surface area (Å²) in [5.74, 6) is -0.828. The molecule has 2 aliphatic rings. The summed E-state index contributed by atoms with van der Waals surface area (Å²) in [6, 6.07) is 7.88. The molecule has 7 heteroatoms. The van der Waals surface area contributed by atoms with Crippen LogP contribution in [0.3, 0.4) is 0 Å². The number of hydrogen-bond acceptors (Lipinski definition) is 5. The van der Waals surface area contributed by atoms with Crippen molar-refractivity contribution in [2.24, 2.45) is 11.8 Å². The van der Waals surface area contributed by atoms with Gasteiger partial charge in [-0.05, 0) is 25.0 Å². The number of benzene rings is 1. The number of nitrogens with zero attached hydrogens (tertiary/aromatic N) is 3. The highest BCUT2D eigenvalue weighted by atomic mass is 32.1. The Morgan fingerprint density at radius 3 is 2.52 bits per heavy atom. The zero-order chi connectivity index (χ0) is 19.0. The third kappa shape index (κ3) is 3.39. The van der Waals surface area contributed by atoms with E-state index in [1.807, 2.05) is 36.4 Å². The SMILES string of the molecule is CN(Cc1nc2ccccc2s1)C(=O)CCN1C(=O)C2CC=CCC2C1=O. The summed E-state index contributed by atoms with van der Waals surface area (Å²) in [4.78, 5) is 44.8. The second kappa shape index (κ2) is 7.23. The van der Waals surface area contributed by atoms with E-state index in [0.29, 0.717) is 19.4 Å². The molecule has 0 N–H and O–H groups in total. The molecular weight excluding hydrogens is 362 g/mol. The van der Waals surface area contributed by atoms with E-state index in [2.05, 4.69) is 4.98 Å². The smallest absolute Gasteiger partial charge is 0.233 e. The van der Waals surface area contributed by atoms with Crippen LogP contribution in [0.2, 0.25) is 0 Å². The van der Waals surface area contributed by atoms with Crippen molar-refractivity contribution in [2.45, 2.75) is 25.8 Å². The number of aromatic nitrogens is 1. The molecule has 1 aliphatic heterocycles. The van der Waals surface area contributed by atoms with Crippen LogP contribution in [0.4, 0.5) is 0 Å². The minimum atomic E-state index is -0.238. The van der Waals surface area contributed by atoms with E-state index in [1.54, 1.807) is 23.3 Å². The number of carbonyl (C=O) groups is 3. The molecule has 0 spiro atoms. The summed E-state index contributed by atoms with van der Waals surface area (Å²) in [5, 5.41) is 0.873. The Labute approximate surface area is 161 Å². The molecule has 0 saturated carbocycles. The number of amides is 3. The monoisotopic (exact) mass is 383 g/mol. The normalized spacial score (nSPS) is 21.7. The lowest BCUT2D eigenvalue weighted by atomic mass is 9.85. The first-order valence-electron chi connectivity index (χ1n) is 9.13. The van der Waals surface area contributed by atoms with Crippen molar-refractivity contribution < 1.29 is 14.4 Å². The standard InChI is InChI=1S/C20H21N3O3S/c1-22(12-17-21-15-8-4-5-9-16(15)27-17)18(24)10-11-23-19(25)13-6-2-3-7-14(13)20(23)26/h2-5,8-9,13-14H,6-7,10-12H2,1H3. The number of allylic oxidation sites excluding steroid dienone is 2. The third-order valence-electron chi connectivity index (χ3n) is 5.28. The molecular formula is C20H21N3O3S. The van der Waals surface area contributed by atoms with Crippen LogP contribution in [0.15, 0.2) is 36.4 Å². The van der Waals surface area contributed by atoms with Crippen LogP contribution in [0.5, 0.6) is 0 Å². The van der Waals surface area contributed by atoms with Gasteiger partial charge in [-0.3, -0.25) is 19.3 Å². The lowest BCUT2D eigenvalue weighted by molar-refractivity contribution is -0.140. The summed E-state index contributed by atoms with van der Waals surface area (Å²) in [6.07, 6.45) is 5.32. The first-order valence-corrected chi connectivity index (χ1v) is 9.95. The van der Waals surface area contributed by atoms with Crippen molar-refractivity contribution in [1.82, 2.24) is 14.8 Å². The fourth-order valence-corrected chi connectivity index (χ4v) is 4.79. The summed E-state index contributed by atoms with van der Waals surface area (Å²) < 4.78 is 1.10. The number of fused-ring (bicyclic) bond motifs is 2. The van der Waals surface area contributed by atoms with Crippen LogP contribution in [0, 0.1) is 11.8 Å². The zero-order valence-corrected chi connectivity index (χ0v) is 15.9. The van der Waals surface area contributed by atoms with Crippen molar-refractivity contribution >= 4 is 39.3 Å². The Bertz CT molecular complexity index is 876. The number of carbonyl (C=O) groups excluding carboxylic acids is 3. The van der Waals surface area contributed by atoms with Gasteiger partial charge in [-0.25, -0.2) is 4.98 Å². The molecule has 1 aromatic heterocycles. The minimum Gasteiger partial charge on any atom is -0.339 e. The van der Waals surface area contributed by atoms with Gasteiger partial charge in [-0.2, -0.15) is 0 Å². The fourth-order valence-electron chi connectivity index (χ4n) is 3.77. The summed E-state index contributed by atoms with van der Waals surface area (Å²) >= 11 is 1.57. The number of imide groups is 1. The first kappa shape index (κ1) is 17.9. The summed E-state index contributed by atoms with van der Waals surface area (Å²) in [7, 11) is 1.73. The molecule has 0 bridgehead atoms. The van der Waals surface area contributed by atoms with Crippen LogP contribution < -0.4 is 0 Å². The van der Waals surface area contributed by atoms with E-state index < -0.39 is 0 Å². The van der Waals surface area contributed by atoms with E-state index >= 15 is 0 Å². The average molecular weight is 383 g/mol. The molecule has 1 aliphatic carbocycles. The average Bonchev–Trinajstić information content (AvgIpc) is 3.19. The van der Waals surface area contributed by atoms with Gasteiger partial charge in [0.2, 0.25) is 17.7 Å². The van der Waals surface area contributed by atoms with Crippen molar-refractivity contribution in [1.29, 1.82) is 0 Å². The van der Waals surface area contributed by atoms with E-state index in [9.17, 15) is 14.4 Å². The number of thiazole rings is 1. The molecule has 0 radical (unpaired) electrons. The first-order chi connectivity index (χ1) is 13.0. The van der Waals surface area contributed by atoms with Crippen molar-refractivity contribution in [3.05, 3.63) is 41.4 Å². The molecule has 1 aromatic carbocycles. The maximum absolute atomic E-state index is 12.5. The molecule has 3 amide bonds. The van der Waals surface area contributed by atoms with E-state index in [0.717, 1.165) is 15.2 Å². The Morgan fingerprint density at radius 1 is 1.19 bits per heavy atom. The summed E-state index contributed by atoms with van der Waals surface area (Å²) in [6.45, 7) is 0.586. The molecule has 1 fully saturated rings. The van der Waals surface area contributed by atoms with Crippen molar-refractivity contribution in [3.8, 4) is 0 Å². The van der Waals surface area contributed by atoms with Gasteiger partial charge in [0, 0.05) is 20.0 Å². The lowest BCUT2D eigenvalue weighted by Gasteiger charge is -2.18. The van der Waals surface area contributed by atoms with Gasteiger partial charge in [0.25, 0.3) is 0 Å². The fraction of sp³-hybridized carbons (Fsp3) is 0.400. The van der Waals surface area contributed by atoms with Gasteiger partial charge < -0.3 is 4.90 Å². The Balaban J connectivity index is 1.35. The number of rotatable bonds is 5. The predicted octanol–water partition coefficient (Wildman–Crippen LogP) is 2.60. The second-order valence-corrected chi connectivity index (χ2v) is 8.17. The predicted molar refractivity (Wildman–Crippen MR) is 103 cm³/mol. The Hall–Kier alpha value is -2.54. The van der Waals surface area contributed by atoms with Crippen LogP contribution in [0.25, 0.3) is 10.2 Å². The molecule has 2 atom stereocenters. The van der Waals surface area contributed by atoms with Gasteiger partial charge in [0.15, 0.2) is 0 Å². The van der Waals surface area contributed by atoms with E-state index in [4.69, 9.17) is 0 Å². The largest absolute Gasteiger partial charge is 0.339 e. The van der Waals surface area contributed by atoms with Crippen LogP contribution in [0.1, 0.15) is 24.3 Å². The molecule has 1 saturated heterocycles. The molecule has 6 nitrogen and oxygen atoms in total. The Kier molecular flexibility index (Phi) is 4.78. The van der Waals surface area contributed by atoms with Crippen LogP contribution >= 0.6 is 11.3 Å². The van der Waals surface area contributed by atoms with Crippen LogP contribution in [-0.4, -0.2) is 46.1 Å². The van der Waals surface area contributed by atoms with Gasteiger partial charge >= 0.3 is 0 Å². The van der Waals surface area contributed by atoms with Gasteiger partial charge in [0.1, 0.15) is 5.01 Å². The minimum absolute atomic E-state index is 0.0946. The Morgan fingerprint density at radius 2 is 1.85 bits per heavy atom. The van der Waals surface area contributed by atoms with Gasteiger partial charge in [-0.1, -0.05) is 24.3 Å². The van der Waals surface area contributed by atoms with E-state index in [1.165, 1.54) is 4.90 Å². The number of para-hydroxylation sites is 1. The highest BCUT2D eigenvalue weighted by Gasteiger charge is 2.46. The van der Waals surface area contributed by atoms with Crippen molar-refractivity contribution in [2.75, 3.05) is 13.6 Å². The quantitative estimate of drug-likeness (QED) is 0.588. The van der Waals surface area contributed by atoms with Gasteiger partial charge in [-0.15, -0.1) is 11.3 Å². The molecule has 2 aromatic rings. The van der Waals surface area contributed by atoms with Crippen molar-refractivity contribution in [3.63, 3.8) is 0 Å². The van der Waals surface area contributed by atoms with Crippen LogP contribution in [-0.2, 0) is 20.9 Å². The molecule has 140 valence electrons. The molecule has 2 heterocycles. The third-order valence-corrected chi connectivity index (χ3v) is 6.31. The lowest BCUT2D eigenvalue weighted by Crippen LogP contribution is -2.36. The highest BCUT2D eigenvalue weighted by molar-refractivity contribution is 7.18.